The van der Waals surface area contributed by atoms with Crippen molar-refractivity contribution in [3.8, 4) is 0 Å². The van der Waals surface area contributed by atoms with Gasteiger partial charge < -0.3 is 4.42 Å². The Morgan fingerprint density at radius 3 is 2.46 bits per heavy atom. The Bertz CT molecular complexity index is 308. The van der Waals surface area contributed by atoms with Gasteiger partial charge in [0.25, 0.3) is 0 Å². The van der Waals surface area contributed by atoms with Gasteiger partial charge in [-0.25, -0.2) is 0 Å². The van der Waals surface area contributed by atoms with E-state index in [0.29, 0.717) is 5.56 Å². The number of carbonyl (C=O) groups is 1. The van der Waals surface area contributed by atoms with Crippen LogP contribution in [0.2, 0.25) is 0 Å². The highest BCUT2D eigenvalue weighted by atomic mass is 16.3. The first-order valence-electron chi connectivity index (χ1n) is 4.56. The van der Waals surface area contributed by atoms with E-state index < -0.39 is 0 Å². The van der Waals surface area contributed by atoms with E-state index in [1.54, 1.807) is 6.26 Å². The molecular formula is C11H16O2. The molecule has 0 aliphatic rings. The van der Waals surface area contributed by atoms with Gasteiger partial charge in [-0.1, -0.05) is 20.8 Å². The molecule has 0 aromatic carbocycles. The molecule has 0 saturated heterocycles. The van der Waals surface area contributed by atoms with Crippen molar-refractivity contribution in [2.75, 3.05) is 0 Å². The Morgan fingerprint density at radius 1 is 1.46 bits per heavy atom. The number of furan rings is 1. The number of Topliss-reactive ketones (excluding diaryl/α,β-unsaturated/α-hetero) is 1. The average Bonchev–Trinajstić information content (AvgIpc) is 2.50. The number of carbonyl (C=O) groups excluding carboxylic acids is 1. The molecule has 0 saturated carbocycles. The van der Waals surface area contributed by atoms with Crippen LogP contribution in [0.15, 0.2) is 16.9 Å². The summed E-state index contributed by atoms with van der Waals surface area (Å²) in [4.78, 5) is 11.9. The van der Waals surface area contributed by atoms with Gasteiger partial charge in [0.15, 0.2) is 5.78 Å². The van der Waals surface area contributed by atoms with E-state index >= 15 is 0 Å². The third-order valence-electron chi connectivity index (χ3n) is 2.60. The van der Waals surface area contributed by atoms with E-state index in [1.807, 2.05) is 27.7 Å². The quantitative estimate of drug-likeness (QED) is 0.668. The lowest BCUT2D eigenvalue weighted by Crippen LogP contribution is -2.23. The highest BCUT2D eigenvalue weighted by Gasteiger charge is 2.28. The molecule has 72 valence electrons. The number of hydrogen-bond acceptors (Lipinski definition) is 2. The topological polar surface area (TPSA) is 30.2 Å². The second kappa shape index (κ2) is 3.36. The van der Waals surface area contributed by atoms with Crippen molar-refractivity contribution in [1.82, 2.24) is 0 Å². The standard InChI is InChI=1S/C11H16O2/c1-5-11(3,4)10(12)9-7-13-6-8(9)2/h6-7H,5H2,1-4H3. The molecule has 1 heterocycles. The Morgan fingerprint density at radius 2 is 2.08 bits per heavy atom. The minimum Gasteiger partial charge on any atom is -0.472 e. The van der Waals surface area contributed by atoms with Gasteiger partial charge in [-0.2, -0.15) is 0 Å². The summed E-state index contributed by atoms with van der Waals surface area (Å²) in [5.74, 6) is 0.168. The molecule has 1 aromatic heterocycles. The Kier molecular flexibility index (Phi) is 2.60. The van der Waals surface area contributed by atoms with Crippen molar-refractivity contribution in [3.05, 3.63) is 23.7 Å². The van der Waals surface area contributed by atoms with Crippen LogP contribution < -0.4 is 0 Å². The highest BCUT2D eigenvalue weighted by Crippen LogP contribution is 2.27. The van der Waals surface area contributed by atoms with Crippen LogP contribution in [0, 0.1) is 12.3 Å². The molecule has 0 fully saturated rings. The smallest absolute Gasteiger partial charge is 0.171 e. The molecule has 2 nitrogen and oxygen atoms in total. The lowest BCUT2D eigenvalue weighted by molar-refractivity contribution is 0.0831. The Labute approximate surface area is 78.9 Å². The van der Waals surface area contributed by atoms with E-state index in [2.05, 4.69) is 0 Å². The SMILES string of the molecule is CCC(C)(C)C(=O)c1cocc1C. The lowest BCUT2D eigenvalue weighted by atomic mass is 9.82. The molecule has 1 rings (SSSR count). The van der Waals surface area contributed by atoms with Crippen molar-refractivity contribution in [2.24, 2.45) is 5.41 Å². The van der Waals surface area contributed by atoms with Gasteiger partial charge in [0.1, 0.15) is 6.26 Å². The third kappa shape index (κ3) is 1.82. The summed E-state index contributed by atoms with van der Waals surface area (Å²) in [5.41, 5.74) is 1.35. The molecule has 2 heteroatoms. The van der Waals surface area contributed by atoms with Crippen LogP contribution in [0.1, 0.15) is 43.1 Å². The van der Waals surface area contributed by atoms with Crippen LogP contribution in [0.5, 0.6) is 0 Å². The summed E-state index contributed by atoms with van der Waals surface area (Å²) < 4.78 is 4.99. The van der Waals surface area contributed by atoms with Gasteiger partial charge in [-0.05, 0) is 18.9 Å². The molecule has 0 spiro atoms. The second-order valence-electron chi connectivity index (χ2n) is 4.04. The number of aryl methyl sites for hydroxylation is 1. The minimum atomic E-state index is -0.283. The van der Waals surface area contributed by atoms with Crippen molar-refractivity contribution >= 4 is 5.78 Å². The maximum Gasteiger partial charge on any atom is 0.171 e. The van der Waals surface area contributed by atoms with Crippen LogP contribution in [0.25, 0.3) is 0 Å². The fraction of sp³-hybridized carbons (Fsp3) is 0.545. The summed E-state index contributed by atoms with van der Waals surface area (Å²) in [6.45, 7) is 7.83. The maximum atomic E-state index is 11.9. The van der Waals surface area contributed by atoms with Crippen molar-refractivity contribution in [3.63, 3.8) is 0 Å². The monoisotopic (exact) mass is 180 g/mol. The number of ketones is 1. The number of rotatable bonds is 3. The first-order chi connectivity index (χ1) is 5.99. The largest absolute Gasteiger partial charge is 0.472 e. The zero-order chi connectivity index (χ0) is 10.1. The molecule has 0 aliphatic carbocycles. The molecule has 1 aromatic rings. The normalized spacial score (nSPS) is 11.7. The summed E-state index contributed by atoms with van der Waals surface area (Å²) in [6.07, 6.45) is 3.99. The van der Waals surface area contributed by atoms with Gasteiger partial charge in [0, 0.05) is 5.41 Å². The summed E-state index contributed by atoms with van der Waals surface area (Å²) in [7, 11) is 0. The van der Waals surface area contributed by atoms with Crippen LogP contribution in [-0.2, 0) is 0 Å². The summed E-state index contributed by atoms with van der Waals surface area (Å²) >= 11 is 0. The molecule has 0 bridgehead atoms. The first kappa shape index (κ1) is 10.0. The summed E-state index contributed by atoms with van der Waals surface area (Å²) in [5, 5.41) is 0. The van der Waals surface area contributed by atoms with Gasteiger partial charge >= 0.3 is 0 Å². The van der Waals surface area contributed by atoms with E-state index in [4.69, 9.17) is 4.42 Å². The lowest BCUT2D eigenvalue weighted by Gasteiger charge is -2.20. The molecule has 0 unspecified atom stereocenters. The molecule has 0 atom stereocenters. The molecule has 0 aliphatic heterocycles. The zero-order valence-electron chi connectivity index (χ0n) is 8.68. The highest BCUT2D eigenvalue weighted by molar-refractivity contribution is 6.00. The van der Waals surface area contributed by atoms with E-state index in [-0.39, 0.29) is 11.2 Å². The molecule has 0 amide bonds. The zero-order valence-corrected chi connectivity index (χ0v) is 8.68. The molecule has 0 N–H and O–H groups in total. The van der Waals surface area contributed by atoms with Crippen molar-refractivity contribution < 1.29 is 9.21 Å². The fourth-order valence-corrected chi connectivity index (χ4v) is 1.12. The van der Waals surface area contributed by atoms with Crippen molar-refractivity contribution in [2.45, 2.75) is 34.1 Å². The predicted octanol–water partition coefficient (Wildman–Crippen LogP) is 3.21. The first-order valence-corrected chi connectivity index (χ1v) is 4.56. The van der Waals surface area contributed by atoms with Crippen LogP contribution in [0.4, 0.5) is 0 Å². The Hall–Kier alpha value is -1.05. The van der Waals surface area contributed by atoms with Crippen molar-refractivity contribution in [1.29, 1.82) is 0 Å². The second-order valence-corrected chi connectivity index (χ2v) is 4.04. The third-order valence-corrected chi connectivity index (χ3v) is 2.60. The molecule has 13 heavy (non-hydrogen) atoms. The maximum absolute atomic E-state index is 11.9. The van der Waals surface area contributed by atoms with Crippen LogP contribution in [0.3, 0.4) is 0 Å². The fourth-order valence-electron chi connectivity index (χ4n) is 1.12. The van der Waals surface area contributed by atoms with E-state index in [1.165, 1.54) is 6.26 Å². The van der Waals surface area contributed by atoms with E-state index in [9.17, 15) is 4.79 Å². The average molecular weight is 180 g/mol. The minimum absolute atomic E-state index is 0.168. The molecule has 0 radical (unpaired) electrons. The Balaban J connectivity index is 2.98. The van der Waals surface area contributed by atoms with Gasteiger partial charge in [-0.15, -0.1) is 0 Å². The van der Waals surface area contributed by atoms with Gasteiger partial charge in [0.05, 0.1) is 11.8 Å². The van der Waals surface area contributed by atoms with Gasteiger partial charge in [-0.3, -0.25) is 4.79 Å². The van der Waals surface area contributed by atoms with Crippen LogP contribution >= 0.6 is 0 Å². The summed E-state index contributed by atoms with van der Waals surface area (Å²) in [6, 6.07) is 0. The number of hydrogen-bond donors (Lipinski definition) is 0. The van der Waals surface area contributed by atoms with E-state index in [0.717, 1.165) is 12.0 Å². The van der Waals surface area contributed by atoms with Gasteiger partial charge in [0.2, 0.25) is 0 Å². The van der Waals surface area contributed by atoms with Crippen LogP contribution in [-0.4, -0.2) is 5.78 Å². The predicted molar refractivity (Wildman–Crippen MR) is 51.8 cm³/mol. The molecular weight excluding hydrogens is 164 g/mol.